The van der Waals surface area contributed by atoms with E-state index in [1.807, 2.05) is 32.7 Å². The highest BCUT2D eigenvalue weighted by atomic mass is 16.2. The third-order valence-electron chi connectivity index (χ3n) is 3.81. The predicted octanol–water partition coefficient (Wildman–Crippen LogP) is 0.278. The van der Waals surface area contributed by atoms with Crippen molar-refractivity contribution in [1.29, 1.82) is 0 Å². The highest BCUT2D eigenvalue weighted by Gasteiger charge is 2.28. The maximum atomic E-state index is 12.2. The minimum absolute atomic E-state index is 0.0881. The summed E-state index contributed by atoms with van der Waals surface area (Å²) in [6, 6.07) is 0. The van der Waals surface area contributed by atoms with E-state index >= 15 is 0 Å². The van der Waals surface area contributed by atoms with Crippen LogP contribution in [0.4, 0.5) is 0 Å². The molecule has 7 heteroatoms. The summed E-state index contributed by atoms with van der Waals surface area (Å²) in [4.78, 5) is 31.8. The van der Waals surface area contributed by atoms with Gasteiger partial charge in [0.05, 0.1) is 13.1 Å². The van der Waals surface area contributed by atoms with E-state index in [4.69, 9.17) is 0 Å². The molecule has 2 amide bonds. The average molecular weight is 325 g/mol. The van der Waals surface area contributed by atoms with Gasteiger partial charge in [-0.1, -0.05) is 0 Å². The lowest BCUT2D eigenvalue weighted by Gasteiger charge is -2.25. The van der Waals surface area contributed by atoms with E-state index in [9.17, 15) is 9.59 Å². The van der Waals surface area contributed by atoms with Crippen molar-refractivity contribution in [3.8, 4) is 0 Å². The van der Waals surface area contributed by atoms with E-state index in [0.717, 1.165) is 19.4 Å². The Morgan fingerprint density at radius 3 is 2.30 bits per heavy atom. The van der Waals surface area contributed by atoms with Crippen molar-refractivity contribution in [2.75, 3.05) is 46.3 Å². The molecule has 0 atom stereocenters. The molecule has 1 aliphatic rings. The number of aliphatic imine (C=N–C) groups is 1. The summed E-state index contributed by atoms with van der Waals surface area (Å²) in [5.41, 5.74) is 0. The number of guanidine groups is 1. The Bertz CT molecular complexity index is 417. The van der Waals surface area contributed by atoms with Gasteiger partial charge in [0.15, 0.2) is 5.96 Å². The largest absolute Gasteiger partial charge is 0.357 e. The summed E-state index contributed by atoms with van der Waals surface area (Å²) in [6.07, 6.45) is 2.02. The average Bonchev–Trinajstić information content (AvgIpc) is 3.36. The van der Waals surface area contributed by atoms with E-state index < -0.39 is 0 Å². The highest BCUT2D eigenvalue weighted by Crippen LogP contribution is 2.28. The fraction of sp³-hybridized carbons (Fsp3) is 0.812. The summed E-state index contributed by atoms with van der Waals surface area (Å²) in [6.45, 7) is 9.43. The number of carbonyl (C=O) groups is 2. The lowest BCUT2D eigenvalue weighted by atomic mass is 10.4. The van der Waals surface area contributed by atoms with Gasteiger partial charge in [-0.15, -0.1) is 0 Å². The smallest absolute Gasteiger partial charge is 0.242 e. The SMILES string of the molecule is CCNC(=NCCNC(=O)C1CC1)N(C)CC(=O)N(CC)CC. The fourth-order valence-electron chi connectivity index (χ4n) is 2.25. The molecule has 0 spiro atoms. The summed E-state index contributed by atoms with van der Waals surface area (Å²) in [7, 11) is 1.85. The van der Waals surface area contributed by atoms with Crippen LogP contribution in [-0.4, -0.2) is 73.9 Å². The second kappa shape index (κ2) is 10.1. The molecule has 0 heterocycles. The Labute approximate surface area is 139 Å². The Morgan fingerprint density at radius 2 is 1.78 bits per heavy atom. The first-order valence-corrected chi connectivity index (χ1v) is 8.58. The molecule has 0 radical (unpaired) electrons. The maximum Gasteiger partial charge on any atom is 0.242 e. The van der Waals surface area contributed by atoms with Gasteiger partial charge in [0.2, 0.25) is 11.8 Å². The molecule has 1 rings (SSSR count). The molecule has 0 aromatic carbocycles. The molecule has 1 saturated carbocycles. The van der Waals surface area contributed by atoms with Crippen molar-refractivity contribution in [2.45, 2.75) is 33.6 Å². The van der Waals surface area contributed by atoms with Crippen LogP contribution in [0.25, 0.3) is 0 Å². The van der Waals surface area contributed by atoms with Crippen LogP contribution in [0.1, 0.15) is 33.6 Å². The van der Waals surface area contributed by atoms with Crippen LogP contribution in [0.3, 0.4) is 0 Å². The van der Waals surface area contributed by atoms with Crippen LogP contribution in [0, 0.1) is 5.92 Å². The van der Waals surface area contributed by atoms with Crippen molar-refractivity contribution in [3.63, 3.8) is 0 Å². The topological polar surface area (TPSA) is 77.0 Å². The molecule has 2 N–H and O–H groups in total. The number of amides is 2. The molecular weight excluding hydrogens is 294 g/mol. The van der Waals surface area contributed by atoms with E-state index in [0.29, 0.717) is 38.7 Å². The minimum Gasteiger partial charge on any atom is -0.357 e. The molecular formula is C16H31N5O2. The van der Waals surface area contributed by atoms with E-state index in [2.05, 4.69) is 15.6 Å². The lowest BCUT2D eigenvalue weighted by molar-refractivity contribution is -0.131. The third kappa shape index (κ3) is 6.88. The molecule has 7 nitrogen and oxygen atoms in total. The normalized spacial score (nSPS) is 14.3. The molecule has 0 saturated heterocycles. The van der Waals surface area contributed by atoms with Crippen LogP contribution in [0.5, 0.6) is 0 Å². The van der Waals surface area contributed by atoms with Gasteiger partial charge in [-0.25, -0.2) is 0 Å². The number of nitrogens with one attached hydrogen (secondary N) is 2. The zero-order valence-electron chi connectivity index (χ0n) is 14.9. The Kier molecular flexibility index (Phi) is 8.43. The molecule has 0 aliphatic heterocycles. The van der Waals surface area contributed by atoms with Crippen LogP contribution < -0.4 is 10.6 Å². The summed E-state index contributed by atoms with van der Waals surface area (Å²) in [5, 5.41) is 6.07. The highest BCUT2D eigenvalue weighted by molar-refractivity contribution is 5.86. The number of nitrogens with zero attached hydrogens (tertiary/aromatic N) is 3. The van der Waals surface area contributed by atoms with Gasteiger partial charge in [-0.2, -0.15) is 0 Å². The predicted molar refractivity (Wildman–Crippen MR) is 92.3 cm³/mol. The zero-order chi connectivity index (χ0) is 17.2. The van der Waals surface area contributed by atoms with Crippen LogP contribution in [-0.2, 0) is 9.59 Å². The summed E-state index contributed by atoms with van der Waals surface area (Å²) in [5.74, 6) is 1.13. The second-order valence-corrected chi connectivity index (χ2v) is 5.72. The van der Waals surface area contributed by atoms with Crippen molar-refractivity contribution in [2.24, 2.45) is 10.9 Å². The Balaban J connectivity index is 2.45. The molecule has 132 valence electrons. The van der Waals surface area contributed by atoms with Gasteiger partial charge in [-0.3, -0.25) is 14.6 Å². The first-order valence-electron chi connectivity index (χ1n) is 8.58. The Hall–Kier alpha value is -1.79. The first kappa shape index (κ1) is 19.3. The van der Waals surface area contributed by atoms with Crippen LogP contribution >= 0.6 is 0 Å². The molecule has 1 fully saturated rings. The quantitative estimate of drug-likeness (QED) is 0.363. The van der Waals surface area contributed by atoms with Crippen molar-refractivity contribution in [1.82, 2.24) is 20.4 Å². The van der Waals surface area contributed by atoms with Crippen molar-refractivity contribution >= 4 is 17.8 Å². The van der Waals surface area contributed by atoms with Gasteiger partial charge >= 0.3 is 0 Å². The van der Waals surface area contributed by atoms with Gasteiger partial charge in [0.1, 0.15) is 0 Å². The molecule has 0 aromatic rings. The minimum atomic E-state index is 0.0881. The number of rotatable bonds is 9. The lowest BCUT2D eigenvalue weighted by Crippen LogP contribution is -2.46. The van der Waals surface area contributed by atoms with E-state index in [1.165, 1.54) is 0 Å². The van der Waals surface area contributed by atoms with Crippen LogP contribution in [0.2, 0.25) is 0 Å². The molecule has 1 aliphatic carbocycles. The molecule has 0 unspecified atom stereocenters. The molecule has 23 heavy (non-hydrogen) atoms. The number of likely N-dealkylation sites (N-methyl/N-ethyl adjacent to an activating group) is 2. The number of hydrogen-bond acceptors (Lipinski definition) is 3. The zero-order valence-corrected chi connectivity index (χ0v) is 14.9. The first-order chi connectivity index (χ1) is 11.0. The monoisotopic (exact) mass is 325 g/mol. The molecule has 0 bridgehead atoms. The summed E-state index contributed by atoms with van der Waals surface area (Å²) < 4.78 is 0. The Morgan fingerprint density at radius 1 is 1.13 bits per heavy atom. The fourth-order valence-corrected chi connectivity index (χ4v) is 2.25. The van der Waals surface area contributed by atoms with Crippen molar-refractivity contribution < 1.29 is 9.59 Å². The van der Waals surface area contributed by atoms with E-state index in [1.54, 1.807) is 4.90 Å². The van der Waals surface area contributed by atoms with Crippen molar-refractivity contribution in [3.05, 3.63) is 0 Å². The van der Waals surface area contributed by atoms with Crippen LogP contribution in [0.15, 0.2) is 4.99 Å². The maximum absolute atomic E-state index is 12.2. The summed E-state index contributed by atoms with van der Waals surface area (Å²) >= 11 is 0. The van der Waals surface area contributed by atoms with Gasteiger partial charge in [0, 0.05) is 39.1 Å². The van der Waals surface area contributed by atoms with Gasteiger partial charge in [0.25, 0.3) is 0 Å². The van der Waals surface area contributed by atoms with Gasteiger partial charge < -0.3 is 20.4 Å². The second-order valence-electron chi connectivity index (χ2n) is 5.72. The third-order valence-corrected chi connectivity index (χ3v) is 3.81. The number of hydrogen-bond donors (Lipinski definition) is 2. The van der Waals surface area contributed by atoms with E-state index in [-0.39, 0.29) is 17.7 Å². The standard InChI is InChI=1S/C16H31N5O2/c1-5-17-16(19-11-10-18-15(23)13-8-9-13)20(4)12-14(22)21(6-2)7-3/h13H,5-12H2,1-4H3,(H,17,19)(H,18,23). The molecule has 0 aromatic heterocycles. The van der Waals surface area contributed by atoms with Gasteiger partial charge in [-0.05, 0) is 33.6 Å². The number of carbonyl (C=O) groups excluding carboxylic acids is 2.